The van der Waals surface area contributed by atoms with Crippen LogP contribution in [0.3, 0.4) is 0 Å². The van der Waals surface area contributed by atoms with Crippen molar-refractivity contribution in [3.8, 4) is 0 Å². The second-order valence-electron chi connectivity index (χ2n) is 3.10. The van der Waals surface area contributed by atoms with E-state index in [9.17, 15) is 9.59 Å². The van der Waals surface area contributed by atoms with E-state index in [-0.39, 0.29) is 19.4 Å². The van der Waals surface area contributed by atoms with E-state index in [1.54, 1.807) is 0 Å². The van der Waals surface area contributed by atoms with Gasteiger partial charge in [-0.2, -0.15) is 0 Å². The maximum Gasteiger partial charge on any atom is 0.325 e. The molecule has 0 N–H and O–H groups in total. The van der Waals surface area contributed by atoms with Crippen LogP contribution in [-0.4, -0.2) is 11.9 Å². The second kappa shape index (κ2) is 6.85. The third kappa shape index (κ3) is 4.79. The van der Waals surface area contributed by atoms with Gasteiger partial charge in [-0.1, -0.05) is 30.3 Å². The molecule has 0 bridgehead atoms. The minimum atomic E-state index is -0.640. The molecule has 0 aliphatic heterocycles. The van der Waals surface area contributed by atoms with Gasteiger partial charge in [-0.25, -0.2) is 0 Å². The van der Waals surface area contributed by atoms with Crippen LogP contribution >= 0.6 is 11.9 Å². The summed E-state index contributed by atoms with van der Waals surface area (Å²) in [6.45, 7) is 0.204. The Hall–Kier alpha value is -1.55. The van der Waals surface area contributed by atoms with Gasteiger partial charge in [0, 0.05) is 0 Å². The van der Waals surface area contributed by atoms with Crippen LogP contribution in [0.4, 0.5) is 0 Å². The van der Waals surface area contributed by atoms with E-state index in [2.05, 4.69) is 4.29 Å². The molecule has 16 heavy (non-hydrogen) atoms. The summed E-state index contributed by atoms with van der Waals surface area (Å²) in [7, 11) is 0. The van der Waals surface area contributed by atoms with Crippen molar-refractivity contribution in [2.45, 2.75) is 19.4 Å². The summed E-state index contributed by atoms with van der Waals surface area (Å²) in [6.07, 6.45) is -0.102. The third-order valence-electron chi connectivity index (χ3n) is 1.86. The van der Waals surface area contributed by atoms with E-state index in [1.165, 1.54) is 0 Å². The number of hydrogen-bond acceptors (Lipinski definition) is 4. The maximum absolute atomic E-state index is 11.2. The Morgan fingerprint density at radius 3 is 2.31 bits per heavy atom. The third-order valence-corrected chi connectivity index (χ3v) is 2.03. The summed E-state index contributed by atoms with van der Waals surface area (Å²) in [5, 5.41) is 0. The Bertz CT molecular complexity index is 350. The summed E-state index contributed by atoms with van der Waals surface area (Å²) >= 11 is 4.81. The summed E-state index contributed by atoms with van der Waals surface area (Å²) in [5.74, 6) is -1.09. The maximum atomic E-state index is 11.2. The first-order valence-electron chi connectivity index (χ1n) is 4.73. The number of carbonyl (C=O) groups is 2. The number of ether oxygens (including phenoxy) is 1. The molecule has 0 aliphatic rings. The highest BCUT2D eigenvalue weighted by Crippen LogP contribution is 2.03. The highest BCUT2D eigenvalue weighted by Gasteiger charge is 2.08. The largest absolute Gasteiger partial charge is 0.461 e. The normalized spacial score (nSPS) is 9.56. The first kappa shape index (κ1) is 12.5. The van der Waals surface area contributed by atoms with Crippen LogP contribution in [0.5, 0.6) is 0 Å². The zero-order valence-electron chi connectivity index (χ0n) is 8.52. The molecule has 5 heteroatoms. The average Bonchev–Trinajstić information content (AvgIpc) is 2.34. The van der Waals surface area contributed by atoms with Crippen LogP contribution in [0.25, 0.3) is 0 Å². The van der Waals surface area contributed by atoms with E-state index < -0.39 is 11.9 Å². The van der Waals surface area contributed by atoms with Crippen molar-refractivity contribution in [2.24, 2.45) is 0 Å². The zero-order valence-corrected chi connectivity index (χ0v) is 9.27. The van der Waals surface area contributed by atoms with E-state index in [0.29, 0.717) is 0 Å². The fourth-order valence-corrected chi connectivity index (χ4v) is 1.13. The zero-order chi connectivity index (χ0) is 11.8. The van der Waals surface area contributed by atoms with Crippen LogP contribution < -0.4 is 0 Å². The van der Waals surface area contributed by atoms with Crippen molar-refractivity contribution < 1.29 is 18.6 Å². The van der Waals surface area contributed by atoms with E-state index >= 15 is 0 Å². The fraction of sp³-hybridized carbons (Fsp3) is 0.273. The number of rotatable bonds is 5. The van der Waals surface area contributed by atoms with Crippen molar-refractivity contribution in [2.75, 3.05) is 0 Å². The van der Waals surface area contributed by atoms with E-state index in [0.717, 1.165) is 5.56 Å². The van der Waals surface area contributed by atoms with Gasteiger partial charge in [-0.15, -0.1) is 0 Å². The Kier molecular flexibility index (Phi) is 5.36. The number of carbonyl (C=O) groups excluding carboxylic acids is 2. The molecular weight excluding hydrogens is 232 g/mol. The Balaban J connectivity index is 2.23. The van der Waals surface area contributed by atoms with Crippen molar-refractivity contribution in [3.05, 3.63) is 35.9 Å². The number of halogens is 1. The first-order chi connectivity index (χ1) is 7.72. The van der Waals surface area contributed by atoms with Crippen molar-refractivity contribution in [1.82, 2.24) is 0 Å². The molecule has 0 amide bonds. The molecule has 0 aliphatic carbocycles. The van der Waals surface area contributed by atoms with Crippen LogP contribution in [0.2, 0.25) is 0 Å². The molecule has 1 aromatic carbocycles. The van der Waals surface area contributed by atoms with E-state index in [1.807, 2.05) is 30.3 Å². The fourth-order valence-electron chi connectivity index (χ4n) is 1.05. The molecule has 0 radical (unpaired) electrons. The quantitative estimate of drug-likeness (QED) is 0.743. The van der Waals surface area contributed by atoms with Gasteiger partial charge in [-0.3, -0.25) is 9.59 Å². The summed E-state index contributed by atoms with van der Waals surface area (Å²) in [6, 6.07) is 9.28. The smallest absolute Gasteiger partial charge is 0.325 e. The average molecular weight is 243 g/mol. The Morgan fingerprint density at radius 2 is 1.69 bits per heavy atom. The molecule has 0 heterocycles. The lowest BCUT2D eigenvalue weighted by molar-refractivity contribution is -0.147. The summed E-state index contributed by atoms with van der Waals surface area (Å²) < 4.78 is 8.82. The van der Waals surface area contributed by atoms with Crippen molar-refractivity contribution in [1.29, 1.82) is 0 Å². The molecule has 1 aromatic rings. The molecule has 86 valence electrons. The minimum absolute atomic E-state index is 0.0294. The Morgan fingerprint density at radius 1 is 1.06 bits per heavy atom. The number of hydrogen-bond donors (Lipinski definition) is 0. The van der Waals surface area contributed by atoms with Gasteiger partial charge in [-0.05, 0) is 5.56 Å². The minimum Gasteiger partial charge on any atom is -0.461 e. The highest BCUT2D eigenvalue weighted by molar-refractivity contribution is 6.13. The molecule has 1 rings (SSSR count). The lowest BCUT2D eigenvalue weighted by atomic mass is 10.2. The second-order valence-corrected chi connectivity index (χ2v) is 3.25. The molecule has 0 atom stereocenters. The van der Waals surface area contributed by atoms with Gasteiger partial charge in [0.05, 0.1) is 12.8 Å². The number of esters is 1. The highest BCUT2D eigenvalue weighted by atomic mass is 35.5. The van der Waals surface area contributed by atoms with Crippen molar-refractivity contribution >= 4 is 23.8 Å². The SMILES string of the molecule is O=C(CCC(=O)OCc1ccccc1)OCl. The van der Waals surface area contributed by atoms with Gasteiger partial charge < -0.3 is 9.03 Å². The molecule has 0 saturated heterocycles. The molecule has 0 aromatic heterocycles. The number of benzene rings is 1. The predicted octanol–water partition coefficient (Wildman–Crippen LogP) is 2.21. The molecule has 0 fully saturated rings. The molecule has 0 unspecified atom stereocenters. The van der Waals surface area contributed by atoms with Gasteiger partial charge in [0.25, 0.3) is 0 Å². The van der Waals surface area contributed by atoms with Crippen LogP contribution in [0.15, 0.2) is 30.3 Å². The monoisotopic (exact) mass is 242 g/mol. The van der Waals surface area contributed by atoms with Crippen LogP contribution in [0.1, 0.15) is 18.4 Å². The lowest BCUT2D eigenvalue weighted by Gasteiger charge is -2.03. The van der Waals surface area contributed by atoms with Gasteiger partial charge >= 0.3 is 11.9 Å². The molecular formula is C11H11ClO4. The topological polar surface area (TPSA) is 52.6 Å². The standard InChI is InChI=1S/C11H11ClO4/c12-16-11(14)7-6-10(13)15-8-9-4-2-1-3-5-9/h1-5H,6-8H2. The van der Waals surface area contributed by atoms with Gasteiger partial charge in [0.2, 0.25) is 0 Å². The summed E-state index contributed by atoms with van der Waals surface area (Å²) in [5.41, 5.74) is 0.899. The molecule has 0 saturated carbocycles. The first-order valence-corrected chi connectivity index (χ1v) is 5.04. The molecule has 0 spiro atoms. The van der Waals surface area contributed by atoms with Gasteiger partial charge in [0.1, 0.15) is 18.5 Å². The Labute approximate surface area is 98.3 Å². The molecule has 4 nitrogen and oxygen atoms in total. The summed E-state index contributed by atoms with van der Waals surface area (Å²) in [4.78, 5) is 21.8. The van der Waals surface area contributed by atoms with Crippen LogP contribution in [-0.2, 0) is 25.2 Å². The van der Waals surface area contributed by atoms with Crippen LogP contribution in [0, 0.1) is 0 Å². The van der Waals surface area contributed by atoms with E-state index in [4.69, 9.17) is 16.6 Å². The lowest BCUT2D eigenvalue weighted by Crippen LogP contribution is -2.07. The van der Waals surface area contributed by atoms with Gasteiger partial charge in [0.15, 0.2) is 0 Å². The van der Waals surface area contributed by atoms with Crippen molar-refractivity contribution in [3.63, 3.8) is 0 Å². The predicted molar refractivity (Wildman–Crippen MR) is 57.4 cm³/mol.